The summed E-state index contributed by atoms with van der Waals surface area (Å²) in [6.45, 7) is 1.24. The van der Waals surface area contributed by atoms with Gasteiger partial charge >= 0.3 is 0 Å². The number of benzene rings is 2. The molecule has 4 rings (SSSR count). The molecule has 0 spiro atoms. The van der Waals surface area contributed by atoms with Crippen molar-refractivity contribution in [3.05, 3.63) is 60.4 Å². The maximum atomic E-state index is 13.5. The van der Waals surface area contributed by atoms with E-state index in [-0.39, 0.29) is 11.9 Å². The minimum Gasteiger partial charge on any atom is -0.453 e. The topological polar surface area (TPSA) is 21.7 Å². The Bertz CT molecular complexity index is 714. The minimum absolute atomic E-state index is 0.0769. The SMILES string of the molecule is Fc1ccc2c(c1)Oc1ccccc1N2C1C=CCOC1. The van der Waals surface area contributed by atoms with Gasteiger partial charge < -0.3 is 14.4 Å². The second kappa shape index (κ2) is 4.90. The van der Waals surface area contributed by atoms with Gasteiger partial charge in [-0.2, -0.15) is 0 Å². The quantitative estimate of drug-likeness (QED) is 0.738. The Morgan fingerprint density at radius 1 is 1.05 bits per heavy atom. The minimum atomic E-state index is -0.302. The largest absolute Gasteiger partial charge is 0.453 e. The summed E-state index contributed by atoms with van der Waals surface area (Å²) in [6, 6.07) is 12.5. The van der Waals surface area contributed by atoms with E-state index in [0.29, 0.717) is 19.0 Å². The molecule has 106 valence electrons. The van der Waals surface area contributed by atoms with E-state index in [1.165, 1.54) is 12.1 Å². The average Bonchev–Trinajstić information content (AvgIpc) is 2.53. The van der Waals surface area contributed by atoms with Crippen LogP contribution in [0.15, 0.2) is 54.6 Å². The molecule has 3 nitrogen and oxygen atoms in total. The normalized spacial score (nSPS) is 19.7. The number of nitrogens with zero attached hydrogens (tertiary/aromatic N) is 1. The predicted octanol–water partition coefficient (Wildman–Crippen LogP) is 4.02. The van der Waals surface area contributed by atoms with Crippen LogP contribution in [0.1, 0.15) is 0 Å². The van der Waals surface area contributed by atoms with Crippen LogP contribution < -0.4 is 9.64 Å². The molecule has 4 heteroatoms. The van der Waals surface area contributed by atoms with Crippen LogP contribution in [0.5, 0.6) is 11.5 Å². The second-order valence-electron chi connectivity index (χ2n) is 5.08. The lowest BCUT2D eigenvalue weighted by molar-refractivity contribution is 0.146. The van der Waals surface area contributed by atoms with Gasteiger partial charge in [-0.05, 0) is 24.3 Å². The first kappa shape index (κ1) is 12.4. The number of fused-ring (bicyclic) bond motifs is 2. The molecule has 2 heterocycles. The van der Waals surface area contributed by atoms with E-state index in [1.807, 2.05) is 30.3 Å². The van der Waals surface area contributed by atoms with Crippen LogP contribution in [-0.2, 0) is 4.74 Å². The summed E-state index contributed by atoms with van der Waals surface area (Å²) in [5.74, 6) is 0.964. The molecule has 0 aliphatic carbocycles. The molecule has 0 N–H and O–H groups in total. The number of hydrogen-bond acceptors (Lipinski definition) is 3. The molecule has 0 saturated heterocycles. The van der Waals surface area contributed by atoms with Crippen LogP contribution in [-0.4, -0.2) is 19.3 Å². The average molecular weight is 283 g/mol. The molecule has 1 atom stereocenters. The summed E-state index contributed by atoms with van der Waals surface area (Å²) in [5, 5.41) is 0. The highest BCUT2D eigenvalue weighted by molar-refractivity contribution is 5.79. The van der Waals surface area contributed by atoms with Crippen molar-refractivity contribution in [3.8, 4) is 11.5 Å². The van der Waals surface area contributed by atoms with Crippen molar-refractivity contribution in [2.45, 2.75) is 6.04 Å². The van der Waals surface area contributed by atoms with E-state index < -0.39 is 0 Å². The van der Waals surface area contributed by atoms with E-state index >= 15 is 0 Å². The zero-order chi connectivity index (χ0) is 14.2. The predicted molar refractivity (Wildman–Crippen MR) is 78.8 cm³/mol. The molecular formula is C17H14FNO2. The summed E-state index contributed by atoms with van der Waals surface area (Å²) in [5.41, 5.74) is 1.83. The fourth-order valence-corrected chi connectivity index (χ4v) is 2.80. The lowest BCUT2D eigenvalue weighted by Crippen LogP contribution is -2.37. The molecule has 0 fully saturated rings. The van der Waals surface area contributed by atoms with Gasteiger partial charge in [0.2, 0.25) is 0 Å². The van der Waals surface area contributed by atoms with Gasteiger partial charge in [0.15, 0.2) is 11.5 Å². The fourth-order valence-electron chi connectivity index (χ4n) is 2.80. The Kier molecular flexibility index (Phi) is 2.89. The Balaban J connectivity index is 1.88. The molecule has 2 aromatic carbocycles. The maximum Gasteiger partial charge on any atom is 0.154 e. The van der Waals surface area contributed by atoms with E-state index in [9.17, 15) is 4.39 Å². The van der Waals surface area contributed by atoms with Gasteiger partial charge in [0.25, 0.3) is 0 Å². The van der Waals surface area contributed by atoms with Gasteiger partial charge in [0, 0.05) is 6.07 Å². The van der Waals surface area contributed by atoms with E-state index in [4.69, 9.17) is 9.47 Å². The van der Waals surface area contributed by atoms with E-state index in [1.54, 1.807) is 6.07 Å². The first-order chi connectivity index (χ1) is 10.3. The summed E-state index contributed by atoms with van der Waals surface area (Å²) in [7, 11) is 0. The molecule has 0 aromatic heterocycles. The Morgan fingerprint density at radius 2 is 1.90 bits per heavy atom. The van der Waals surface area contributed by atoms with Crippen LogP contribution in [0.2, 0.25) is 0 Å². The van der Waals surface area contributed by atoms with Crippen molar-refractivity contribution >= 4 is 11.4 Å². The van der Waals surface area contributed by atoms with Crippen molar-refractivity contribution in [2.24, 2.45) is 0 Å². The molecule has 0 saturated carbocycles. The van der Waals surface area contributed by atoms with Crippen LogP contribution in [0, 0.1) is 5.82 Å². The molecule has 0 amide bonds. The Hall–Kier alpha value is -2.33. The highest BCUT2D eigenvalue weighted by Crippen LogP contribution is 2.47. The third kappa shape index (κ3) is 2.08. The second-order valence-corrected chi connectivity index (χ2v) is 5.08. The van der Waals surface area contributed by atoms with Crippen molar-refractivity contribution < 1.29 is 13.9 Å². The number of rotatable bonds is 1. The smallest absolute Gasteiger partial charge is 0.154 e. The van der Waals surface area contributed by atoms with Gasteiger partial charge in [-0.25, -0.2) is 4.39 Å². The van der Waals surface area contributed by atoms with E-state index in [2.05, 4.69) is 11.0 Å². The van der Waals surface area contributed by atoms with Gasteiger partial charge in [-0.15, -0.1) is 0 Å². The van der Waals surface area contributed by atoms with Gasteiger partial charge in [-0.3, -0.25) is 0 Å². The third-order valence-corrected chi connectivity index (χ3v) is 3.72. The molecular weight excluding hydrogens is 269 g/mol. The number of halogens is 1. The lowest BCUT2D eigenvalue weighted by atomic mass is 10.1. The fraction of sp³-hybridized carbons (Fsp3) is 0.176. The Morgan fingerprint density at radius 3 is 2.76 bits per heavy atom. The van der Waals surface area contributed by atoms with Gasteiger partial charge in [-0.1, -0.05) is 24.3 Å². The van der Waals surface area contributed by atoms with Crippen LogP contribution >= 0.6 is 0 Å². The van der Waals surface area contributed by atoms with E-state index in [0.717, 1.165) is 17.1 Å². The zero-order valence-corrected chi connectivity index (χ0v) is 11.3. The highest BCUT2D eigenvalue weighted by Gasteiger charge is 2.29. The van der Waals surface area contributed by atoms with Gasteiger partial charge in [0.1, 0.15) is 5.82 Å². The molecule has 0 radical (unpaired) electrons. The van der Waals surface area contributed by atoms with Gasteiger partial charge in [0.05, 0.1) is 30.6 Å². The lowest BCUT2D eigenvalue weighted by Gasteiger charge is -2.38. The first-order valence-corrected chi connectivity index (χ1v) is 6.93. The Labute approximate surface area is 122 Å². The molecule has 1 unspecified atom stereocenters. The molecule has 21 heavy (non-hydrogen) atoms. The van der Waals surface area contributed by atoms with Crippen molar-refractivity contribution in [1.82, 2.24) is 0 Å². The number of anilines is 2. The molecule has 2 aromatic rings. The maximum absolute atomic E-state index is 13.5. The van der Waals surface area contributed by atoms with Crippen molar-refractivity contribution in [1.29, 1.82) is 0 Å². The van der Waals surface area contributed by atoms with Crippen molar-refractivity contribution in [2.75, 3.05) is 18.1 Å². The summed E-state index contributed by atoms with van der Waals surface area (Å²) in [4.78, 5) is 2.14. The third-order valence-electron chi connectivity index (χ3n) is 3.72. The zero-order valence-electron chi connectivity index (χ0n) is 11.3. The van der Waals surface area contributed by atoms with Crippen LogP contribution in [0.25, 0.3) is 0 Å². The molecule has 0 bridgehead atoms. The molecule has 2 aliphatic rings. The summed E-state index contributed by atoms with van der Waals surface area (Å²) < 4.78 is 24.9. The number of hydrogen-bond donors (Lipinski definition) is 0. The first-order valence-electron chi connectivity index (χ1n) is 6.93. The number of ether oxygens (including phenoxy) is 2. The van der Waals surface area contributed by atoms with Crippen molar-refractivity contribution in [3.63, 3.8) is 0 Å². The number of para-hydroxylation sites is 2. The standard InChI is InChI=1S/C17H14FNO2/c18-12-7-8-15-17(10-12)21-16-6-2-1-5-14(16)19(15)13-4-3-9-20-11-13/h1-8,10,13H,9,11H2. The monoisotopic (exact) mass is 283 g/mol. The summed E-state index contributed by atoms with van der Waals surface area (Å²) >= 11 is 0. The highest BCUT2D eigenvalue weighted by atomic mass is 19.1. The van der Waals surface area contributed by atoms with Crippen LogP contribution in [0.3, 0.4) is 0 Å². The summed E-state index contributed by atoms with van der Waals surface area (Å²) in [6.07, 6.45) is 4.13. The molecule has 2 aliphatic heterocycles. The van der Waals surface area contributed by atoms with Crippen LogP contribution in [0.4, 0.5) is 15.8 Å².